The number of thiazole rings is 1. The van der Waals surface area contributed by atoms with Crippen LogP contribution in [0.15, 0.2) is 41.9 Å². The molecule has 0 bridgehead atoms. The van der Waals surface area contributed by atoms with Crippen LogP contribution < -0.4 is 5.32 Å². The number of carbonyl (C=O) groups is 1. The second kappa shape index (κ2) is 4.94. The van der Waals surface area contributed by atoms with Crippen LogP contribution in [-0.2, 0) is 0 Å². The second-order valence-corrected chi connectivity index (χ2v) is 5.40. The summed E-state index contributed by atoms with van der Waals surface area (Å²) in [6.07, 6.45) is 0. The van der Waals surface area contributed by atoms with Crippen LogP contribution in [0.25, 0.3) is 10.2 Å². The number of anilines is 2. The number of carboxylic acids is 1. The number of aromatic carboxylic acids is 1. The minimum absolute atomic E-state index is 0.273. The molecule has 5 heteroatoms. The van der Waals surface area contributed by atoms with Crippen LogP contribution in [0.5, 0.6) is 0 Å². The van der Waals surface area contributed by atoms with Crippen LogP contribution in [0, 0.1) is 6.92 Å². The largest absolute Gasteiger partial charge is 0.478 e. The van der Waals surface area contributed by atoms with Crippen molar-refractivity contribution < 1.29 is 9.90 Å². The lowest BCUT2D eigenvalue weighted by atomic mass is 10.1. The Morgan fingerprint density at radius 2 is 2.10 bits per heavy atom. The van der Waals surface area contributed by atoms with Crippen molar-refractivity contribution in [1.29, 1.82) is 0 Å². The fourth-order valence-corrected chi connectivity index (χ4v) is 2.75. The first-order valence-electron chi connectivity index (χ1n) is 6.08. The van der Waals surface area contributed by atoms with E-state index in [4.69, 9.17) is 0 Å². The van der Waals surface area contributed by atoms with Crippen LogP contribution in [0.2, 0.25) is 0 Å². The molecule has 0 saturated carbocycles. The van der Waals surface area contributed by atoms with Crippen molar-refractivity contribution in [2.45, 2.75) is 6.92 Å². The molecule has 0 saturated heterocycles. The van der Waals surface area contributed by atoms with Gasteiger partial charge in [0.05, 0.1) is 27.0 Å². The minimum atomic E-state index is -0.935. The average Bonchev–Trinajstić information content (AvgIpc) is 2.88. The zero-order chi connectivity index (χ0) is 14.1. The van der Waals surface area contributed by atoms with Crippen LogP contribution >= 0.6 is 11.3 Å². The first kappa shape index (κ1) is 12.6. The molecule has 0 aliphatic rings. The van der Waals surface area contributed by atoms with Crippen LogP contribution in [0.4, 0.5) is 11.4 Å². The Labute approximate surface area is 119 Å². The van der Waals surface area contributed by atoms with Gasteiger partial charge in [-0.25, -0.2) is 9.78 Å². The van der Waals surface area contributed by atoms with Crippen molar-refractivity contribution in [2.24, 2.45) is 0 Å². The highest BCUT2D eigenvalue weighted by molar-refractivity contribution is 7.16. The van der Waals surface area contributed by atoms with E-state index in [1.54, 1.807) is 29.0 Å². The molecule has 3 aromatic rings. The molecule has 2 N–H and O–H groups in total. The summed E-state index contributed by atoms with van der Waals surface area (Å²) < 4.78 is 1.07. The molecule has 0 aliphatic heterocycles. The first-order chi connectivity index (χ1) is 9.63. The fourth-order valence-electron chi connectivity index (χ4n) is 2.03. The van der Waals surface area contributed by atoms with E-state index in [0.717, 1.165) is 21.5 Å². The number of aryl methyl sites for hydroxylation is 1. The standard InChI is InChI=1S/C15H12N2O2S/c1-9-2-4-12(11(6-9)15(18)19)17-10-3-5-13-14(7-10)20-8-16-13/h2-8,17H,1H3,(H,18,19). The number of hydrogen-bond donors (Lipinski definition) is 2. The van der Waals surface area contributed by atoms with E-state index in [1.807, 2.05) is 31.2 Å². The first-order valence-corrected chi connectivity index (χ1v) is 6.96. The maximum atomic E-state index is 11.3. The monoisotopic (exact) mass is 284 g/mol. The molecule has 0 spiro atoms. The molecule has 0 amide bonds. The van der Waals surface area contributed by atoms with Crippen molar-refractivity contribution >= 4 is 38.9 Å². The quantitative estimate of drug-likeness (QED) is 0.761. The summed E-state index contributed by atoms with van der Waals surface area (Å²) in [6, 6.07) is 11.1. The number of aromatic nitrogens is 1. The van der Waals surface area contributed by atoms with E-state index in [2.05, 4.69) is 10.3 Å². The Balaban J connectivity index is 1.99. The number of nitrogens with one attached hydrogen (secondary N) is 1. The molecule has 0 unspecified atom stereocenters. The van der Waals surface area contributed by atoms with Crippen molar-refractivity contribution in [2.75, 3.05) is 5.32 Å². The van der Waals surface area contributed by atoms with Gasteiger partial charge in [-0.2, -0.15) is 0 Å². The maximum absolute atomic E-state index is 11.3. The normalized spacial score (nSPS) is 10.7. The summed E-state index contributed by atoms with van der Waals surface area (Å²) in [4.78, 5) is 15.5. The van der Waals surface area contributed by atoms with Crippen molar-refractivity contribution in [3.63, 3.8) is 0 Å². The van der Waals surface area contributed by atoms with Crippen molar-refractivity contribution in [3.8, 4) is 0 Å². The van der Waals surface area contributed by atoms with E-state index < -0.39 is 5.97 Å². The zero-order valence-electron chi connectivity index (χ0n) is 10.8. The highest BCUT2D eigenvalue weighted by Gasteiger charge is 2.10. The summed E-state index contributed by atoms with van der Waals surface area (Å²) in [6.45, 7) is 1.87. The van der Waals surface area contributed by atoms with Gasteiger partial charge in [0, 0.05) is 5.69 Å². The fraction of sp³-hybridized carbons (Fsp3) is 0.0667. The number of carboxylic acid groups (broad SMARTS) is 1. The van der Waals surface area contributed by atoms with Gasteiger partial charge in [-0.1, -0.05) is 11.6 Å². The molecule has 3 rings (SSSR count). The summed E-state index contributed by atoms with van der Waals surface area (Å²) in [5.41, 5.74) is 5.38. The van der Waals surface area contributed by atoms with Crippen molar-refractivity contribution in [1.82, 2.24) is 4.98 Å². The van der Waals surface area contributed by atoms with Gasteiger partial charge < -0.3 is 10.4 Å². The molecule has 100 valence electrons. The lowest BCUT2D eigenvalue weighted by Gasteiger charge is -2.10. The lowest BCUT2D eigenvalue weighted by Crippen LogP contribution is -2.03. The average molecular weight is 284 g/mol. The van der Waals surface area contributed by atoms with E-state index >= 15 is 0 Å². The topological polar surface area (TPSA) is 62.2 Å². The van der Waals surface area contributed by atoms with Crippen LogP contribution in [0.1, 0.15) is 15.9 Å². The van der Waals surface area contributed by atoms with Gasteiger partial charge in [-0.15, -0.1) is 11.3 Å². The molecule has 4 nitrogen and oxygen atoms in total. The van der Waals surface area contributed by atoms with Gasteiger partial charge in [0.2, 0.25) is 0 Å². The van der Waals surface area contributed by atoms with E-state index in [0.29, 0.717) is 5.69 Å². The van der Waals surface area contributed by atoms with Crippen molar-refractivity contribution in [3.05, 3.63) is 53.0 Å². The summed E-state index contributed by atoms with van der Waals surface area (Å²) in [5.74, 6) is -0.935. The Hall–Kier alpha value is -2.40. The van der Waals surface area contributed by atoms with Gasteiger partial charge >= 0.3 is 5.97 Å². The smallest absolute Gasteiger partial charge is 0.337 e. The minimum Gasteiger partial charge on any atom is -0.478 e. The number of rotatable bonds is 3. The number of benzene rings is 2. The lowest BCUT2D eigenvalue weighted by molar-refractivity contribution is 0.0698. The zero-order valence-corrected chi connectivity index (χ0v) is 11.6. The van der Waals surface area contributed by atoms with E-state index in [9.17, 15) is 9.90 Å². The third kappa shape index (κ3) is 2.35. The third-order valence-electron chi connectivity index (χ3n) is 3.02. The molecule has 1 heterocycles. The summed E-state index contributed by atoms with van der Waals surface area (Å²) >= 11 is 1.56. The Morgan fingerprint density at radius 1 is 1.25 bits per heavy atom. The molecule has 0 radical (unpaired) electrons. The Bertz CT molecular complexity index is 795. The predicted octanol–water partition coefficient (Wildman–Crippen LogP) is 4.05. The van der Waals surface area contributed by atoms with Gasteiger partial charge in [0.1, 0.15) is 0 Å². The third-order valence-corrected chi connectivity index (χ3v) is 3.81. The van der Waals surface area contributed by atoms with E-state index in [1.165, 1.54) is 0 Å². The Morgan fingerprint density at radius 3 is 2.90 bits per heavy atom. The number of fused-ring (bicyclic) bond motifs is 1. The Kier molecular flexibility index (Phi) is 3.12. The molecule has 0 aliphatic carbocycles. The molecule has 20 heavy (non-hydrogen) atoms. The highest BCUT2D eigenvalue weighted by atomic mass is 32.1. The predicted molar refractivity (Wildman–Crippen MR) is 81.0 cm³/mol. The van der Waals surface area contributed by atoms with Crippen LogP contribution in [-0.4, -0.2) is 16.1 Å². The summed E-state index contributed by atoms with van der Waals surface area (Å²) in [7, 11) is 0. The second-order valence-electron chi connectivity index (χ2n) is 4.51. The number of hydrogen-bond acceptors (Lipinski definition) is 4. The SMILES string of the molecule is Cc1ccc(Nc2ccc3ncsc3c2)c(C(=O)O)c1. The molecule has 1 aromatic heterocycles. The van der Waals surface area contributed by atoms with Gasteiger partial charge in [0.15, 0.2) is 0 Å². The molecule has 0 fully saturated rings. The maximum Gasteiger partial charge on any atom is 0.337 e. The summed E-state index contributed by atoms with van der Waals surface area (Å²) in [5, 5.41) is 12.4. The van der Waals surface area contributed by atoms with E-state index in [-0.39, 0.29) is 5.56 Å². The number of nitrogens with zero attached hydrogens (tertiary/aromatic N) is 1. The van der Waals surface area contributed by atoms with Gasteiger partial charge in [0.25, 0.3) is 0 Å². The van der Waals surface area contributed by atoms with Crippen LogP contribution in [0.3, 0.4) is 0 Å². The molecule has 2 aromatic carbocycles. The highest BCUT2D eigenvalue weighted by Crippen LogP contribution is 2.26. The van der Waals surface area contributed by atoms with Gasteiger partial charge in [-0.05, 0) is 37.3 Å². The molecular formula is C15H12N2O2S. The molecular weight excluding hydrogens is 272 g/mol. The van der Waals surface area contributed by atoms with Gasteiger partial charge in [-0.3, -0.25) is 0 Å². The molecule has 0 atom stereocenters.